The fraction of sp³-hybridized carbons (Fsp3) is 0.227. The number of carbonyl (C=O) groups excluding carboxylic acids is 3. The smallest absolute Gasteiger partial charge is 0.337 e. The van der Waals surface area contributed by atoms with E-state index in [4.69, 9.17) is 4.74 Å². The number of esters is 2. The lowest BCUT2D eigenvalue weighted by Crippen LogP contribution is -2.28. The summed E-state index contributed by atoms with van der Waals surface area (Å²) in [6.07, 6.45) is 0.163. The Morgan fingerprint density at radius 3 is 2.55 bits per heavy atom. The number of carbonyl (C=O) groups is 3. The number of ether oxygens (including phenoxy) is 2. The Balaban J connectivity index is 1.42. The van der Waals surface area contributed by atoms with Crippen LogP contribution in [0.2, 0.25) is 0 Å². The molecule has 3 rings (SSSR count). The van der Waals surface area contributed by atoms with E-state index in [1.165, 1.54) is 7.11 Å². The Labute approximate surface area is 177 Å². The summed E-state index contributed by atoms with van der Waals surface area (Å²) in [4.78, 5) is 54.2. The van der Waals surface area contributed by atoms with E-state index in [9.17, 15) is 19.2 Å². The molecule has 0 aliphatic heterocycles. The van der Waals surface area contributed by atoms with E-state index in [0.717, 1.165) is 5.56 Å². The minimum atomic E-state index is -0.576. The highest BCUT2D eigenvalue weighted by molar-refractivity contribution is 5.89. The van der Waals surface area contributed by atoms with Gasteiger partial charge < -0.3 is 19.8 Å². The van der Waals surface area contributed by atoms with Crippen molar-refractivity contribution in [1.82, 2.24) is 15.3 Å². The summed E-state index contributed by atoms with van der Waals surface area (Å²) in [7, 11) is 1.30. The second kappa shape index (κ2) is 10.1. The molecular weight excluding hydrogens is 402 g/mol. The SMILES string of the molecule is COC(=O)c1ccc(CNC(=O)COC(=O)CCc2nc3ccccc3c(=O)[nH]2)cc1. The Morgan fingerprint density at radius 1 is 1.06 bits per heavy atom. The van der Waals surface area contributed by atoms with E-state index in [-0.39, 0.29) is 24.9 Å². The molecule has 1 heterocycles. The van der Waals surface area contributed by atoms with Gasteiger partial charge in [-0.2, -0.15) is 0 Å². The molecule has 9 heteroatoms. The molecule has 3 aromatic rings. The maximum absolute atomic E-state index is 12.0. The average Bonchev–Trinajstić information content (AvgIpc) is 2.80. The van der Waals surface area contributed by atoms with Gasteiger partial charge in [-0.25, -0.2) is 9.78 Å². The van der Waals surface area contributed by atoms with Crippen LogP contribution in [0.25, 0.3) is 10.9 Å². The Kier molecular flexibility index (Phi) is 7.10. The molecule has 0 spiro atoms. The number of fused-ring (bicyclic) bond motifs is 1. The molecule has 0 radical (unpaired) electrons. The summed E-state index contributed by atoms with van der Waals surface area (Å²) in [6, 6.07) is 13.5. The molecule has 0 aliphatic carbocycles. The molecule has 0 unspecified atom stereocenters. The number of nitrogens with zero attached hydrogens (tertiary/aromatic N) is 1. The summed E-state index contributed by atoms with van der Waals surface area (Å²) < 4.78 is 9.59. The molecule has 0 fully saturated rings. The van der Waals surface area contributed by atoms with Crippen LogP contribution >= 0.6 is 0 Å². The van der Waals surface area contributed by atoms with Crippen molar-refractivity contribution in [2.45, 2.75) is 19.4 Å². The maximum atomic E-state index is 12.0. The van der Waals surface area contributed by atoms with Crippen molar-refractivity contribution < 1.29 is 23.9 Å². The van der Waals surface area contributed by atoms with Gasteiger partial charge >= 0.3 is 11.9 Å². The van der Waals surface area contributed by atoms with Gasteiger partial charge in [0.2, 0.25) is 0 Å². The molecule has 0 saturated heterocycles. The van der Waals surface area contributed by atoms with Crippen molar-refractivity contribution in [2.75, 3.05) is 13.7 Å². The van der Waals surface area contributed by atoms with E-state index in [2.05, 4.69) is 20.0 Å². The molecule has 0 bridgehead atoms. The van der Waals surface area contributed by atoms with Crippen LogP contribution in [0, 0.1) is 0 Å². The van der Waals surface area contributed by atoms with Gasteiger partial charge in [-0.15, -0.1) is 0 Å². The minimum absolute atomic E-state index is 0.0243. The van der Waals surface area contributed by atoms with Crippen LogP contribution in [0.5, 0.6) is 0 Å². The molecule has 0 saturated carbocycles. The monoisotopic (exact) mass is 423 g/mol. The standard InChI is InChI=1S/C22H21N3O6/c1-30-22(29)15-8-6-14(7-9-15)12-23-19(26)13-31-20(27)11-10-18-24-17-5-3-2-4-16(17)21(28)25-18/h2-9H,10-13H2,1H3,(H,23,26)(H,24,25,28). The highest BCUT2D eigenvalue weighted by Gasteiger charge is 2.10. The third-order valence-corrected chi connectivity index (χ3v) is 4.46. The number of hydrogen-bond donors (Lipinski definition) is 2. The first kappa shape index (κ1) is 21.7. The molecule has 0 atom stereocenters. The Morgan fingerprint density at radius 2 is 1.81 bits per heavy atom. The molecule has 1 aromatic heterocycles. The number of para-hydroxylation sites is 1. The number of aromatic nitrogens is 2. The van der Waals surface area contributed by atoms with Gasteiger partial charge in [-0.3, -0.25) is 14.4 Å². The van der Waals surface area contributed by atoms with Crippen LogP contribution < -0.4 is 10.9 Å². The number of aromatic amines is 1. The first-order valence-electron chi connectivity index (χ1n) is 9.54. The first-order valence-corrected chi connectivity index (χ1v) is 9.54. The van der Waals surface area contributed by atoms with Gasteiger partial charge in [0.1, 0.15) is 5.82 Å². The third kappa shape index (κ3) is 5.99. The van der Waals surface area contributed by atoms with Gasteiger partial charge in [-0.05, 0) is 29.8 Å². The number of nitrogens with one attached hydrogen (secondary N) is 2. The minimum Gasteiger partial charge on any atom is -0.465 e. The zero-order valence-electron chi connectivity index (χ0n) is 16.8. The number of benzene rings is 2. The van der Waals surface area contributed by atoms with Crippen LogP contribution in [-0.2, 0) is 32.0 Å². The predicted octanol–water partition coefficient (Wildman–Crippen LogP) is 1.50. The second-order valence-electron chi connectivity index (χ2n) is 6.66. The quantitative estimate of drug-likeness (QED) is 0.526. The second-order valence-corrected chi connectivity index (χ2v) is 6.66. The lowest BCUT2D eigenvalue weighted by molar-refractivity contribution is -0.148. The van der Waals surface area contributed by atoms with Gasteiger partial charge in [0.15, 0.2) is 6.61 Å². The Hall–Kier alpha value is -4.01. The van der Waals surface area contributed by atoms with Gasteiger partial charge in [0.25, 0.3) is 11.5 Å². The number of aryl methyl sites for hydroxylation is 1. The first-order chi connectivity index (χ1) is 15.0. The van der Waals surface area contributed by atoms with Crippen molar-refractivity contribution in [2.24, 2.45) is 0 Å². The van der Waals surface area contributed by atoms with Crippen LogP contribution in [0.1, 0.15) is 28.2 Å². The molecule has 0 aliphatic rings. The molecule has 2 aromatic carbocycles. The molecular formula is C22H21N3O6. The van der Waals surface area contributed by atoms with Crippen LogP contribution in [0.15, 0.2) is 53.3 Å². The van der Waals surface area contributed by atoms with E-state index < -0.39 is 24.5 Å². The van der Waals surface area contributed by atoms with Crippen LogP contribution in [0.3, 0.4) is 0 Å². The lowest BCUT2D eigenvalue weighted by Gasteiger charge is -2.07. The largest absolute Gasteiger partial charge is 0.465 e. The molecule has 2 N–H and O–H groups in total. The fourth-order valence-corrected chi connectivity index (χ4v) is 2.82. The highest BCUT2D eigenvalue weighted by Crippen LogP contribution is 2.07. The van der Waals surface area contributed by atoms with E-state index in [1.807, 2.05) is 0 Å². The zero-order valence-corrected chi connectivity index (χ0v) is 16.8. The van der Waals surface area contributed by atoms with E-state index in [0.29, 0.717) is 22.3 Å². The van der Waals surface area contributed by atoms with Crippen LogP contribution in [0.4, 0.5) is 0 Å². The number of methoxy groups -OCH3 is 1. The van der Waals surface area contributed by atoms with Crippen molar-refractivity contribution in [1.29, 1.82) is 0 Å². The summed E-state index contributed by atoms with van der Waals surface area (Å²) >= 11 is 0. The summed E-state index contributed by atoms with van der Waals surface area (Å²) in [5.41, 5.74) is 1.47. The summed E-state index contributed by atoms with van der Waals surface area (Å²) in [5.74, 6) is -1.10. The number of H-pyrrole nitrogens is 1. The average molecular weight is 423 g/mol. The number of amides is 1. The van der Waals surface area contributed by atoms with Crippen molar-refractivity contribution >= 4 is 28.7 Å². The molecule has 1 amide bonds. The summed E-state index contributed by atoms with van der Waals surface area (Å²) in [6.45, 7) is -0.194. The number of hydrogen-bond acceptors (Lipinski definition) is 7. The zero-order chi connectivity index (χ0) is 22.2. The third-order valence-electron chi connectivity index (χ3n) is 4.46. The van der Waals surface area contributed by atoms with Gasteiger partial charge in [0.05, 0.1) is 30.0 Å². The topological polar surface area (TPSA) is 127 Å². The van der Waals surface area contributed by atoms with Crippen molar-refractivity contribution in [3.8, 4) is 0 Å². The fourth-order valence-electron chi connectivity index (χ4n) is 2.82. The van der Waals surface area contributed by atoms with Crippen LogP contribution in [-0.4, -0.2) is 41.5 Å². The van der Waals surface area contributed by atoms with Gasteiger partial charge in [0, 0.05) is 13.0 Å². The van der Waals surface area contributed by atoms with E-state index in [1.54, 1.807) is 48.5 Å². The molecule has 9 nitrogen and oxygen atoms in total. The van der Waals surface area contributed by atoms with Crippen molar-refractivity contribution in [3.05, 3.63) is 75.8 Å². The highest BCUT2D eigenvalue weighted by atomic mass is 16.5. The summed E-state index contributed by atoms with van der Waals surface area (Å²) in [5, 5.41) is 3.10. The molecule has 31 heavy (non-hydrogen) atoms. The maximum Gasteiger partial charge on any atom is 0.337 e. The lowest BCUT2D eigenvalue weighted by atomic mass is 10.1. The molecule has 160 valence electrons. The Bertz CT molecular complexity index is 1150. The normalized spacial score (nSPS) is 10.5. The number of rotatable bonds is 8. The van der Waals surface area contributed by atoms with Crippen molar-refractivity contribution in [3.63, 3.8) is 0 Å². The van der Waals surface area contributed by atoms with Gasteiger partial charge in [-0.1, -0.05) is 24.3 Å². The predicted molar refractivity (Wildman–Crippen MR) is 111 cm³/mol. The van der Waals surface area contributed by atoms with E-state index >= 15 is 0 Å².